The number of halogens is 4. The van der Waals surface area contributed by atoms with Gasteiger partial charge in [0.2, 0.25) is 5.91 Å². The smallest absolute Gasteiger partial charge is 0.303 e. The number of aliphatic carboxylic acids is 1. The topological polar surface area (TPSA) is 101 Å². The highest BCUT2D eigenvalue weighted by atomic mass is 35.5. The monoisotopic (exact) mass is 375 g/mol. The molecule has 1 amide bonds. The number of carbonyl (C=O) groups excluding carboxylic acids is 2. The molecule has 0 atom stereocenters. The SMILES string of the molecule is O=C(O)CCC(=O)n1nc(C(=O)Nc2ccc(F)cc2F)c(F)c1Cl. The summed E-state index contributed by atoms with van der Waals surface area (Å²) in [6.07, 6.45) is -1.07. The predicted octanol–water partition coefficient (Wildman–Crippen LogP) is 2.71. The molecular weight excluding hydrogens is 367 g/mol. The van der Waals surface area contributed by atoms with Gasteiger partial charge in [-0.15, -0.1) is 0 Å². The summed E-state index contributed by atoms with van der Waals surface area (Å²) < 4.78 is 40.7. The Balaban J connectivity index is 2.24. The van der Waals surface area contributed by atoms with Crippen molar-refractivity contribution in [3.05, 3.63) is 46.5 Å². The van der Waals surface area contributed by atoms with Gasteiger partial charge < -0.3 is 10.4 Å². The molecule has 0 aliphatic carbocycles. The Labute approximate surface area is 143 Å². The third-order valence-corrected chi connectivity index (χ3v) is 3.28. The highest BCUT2D eigenvalue weighted by Crippen LogP contribution is 2.21. The quantitative estimate of drug-likeness (QED) is 0.836. The molecule has 132 valence electrons. The number of hydrogen-bond donors (Lipinski definition) is 2. The molecule has 1 aromatic carbocycles. The molecule has 0 aliphatic rings. The molecule has 2 rings (SSSR count). The van der Waals surface area contributed by atoms with Crippen molar-refractivity contribution in [3.63, 3.8) is 0 Å². The summed E-state index contributed by atoms with van der Waals surface area (Å²) >= 11 is 5.58. The molecule has 1 heterocycles. The van der Waals surface area contributed by atoms with Crippen LogP contribution in [0.1, 0.15) is 28.1 Å². The van der Waals surface area contributed by atoms with E-state index in [4.69, 9.17) is 16.7 Å². The number of hydrogen-bond acceptors (Lipinski definition) is 4. The fourth-order valence-electron chi connectivity index (χ4n) is 1.78. The zero-order valence-electron chi connectivity index (χ0n) is 12.2. The van der Waals surface area contributed by atoms with Crippen LogP contribution in [0, 0.1) is 17.5 Å². The van der Waals surface area contributed by atoms with E-state index in [-0.39, 0.29) is 0 Å². The summed E-state index contributed by atoms with van der Waals surface area (Å²) in [5.41, 5.74) is -1.34. The maximum Gasteiger partial charge on any atom is 0.303 e. The van der Waals surface area contributed by atoms with Crippen LogP contribution in [0.5, 0.6) is 0 Å². The fourth-order valence-corrected chi connectivity index (χ4v) is 2.00. The van der Waals surface area contributed by atoms with E-state index >= 15 is 0 Å². The van der Waals surface area contributed by atoms with E-state index < -0.39 is 64.6 Å². The van der Waals surface area contributed by atoms with Crippen molar-refractivity contribution < 1.29 is 32.7 Å². The molecule has 0 unspecified atom stereocenters. The number of carbonyl (C=O) groups is 3. The van der Waals surface area contributed by atoms with Crippen molar-refractivity contribution in [2.75, 3.05) is 5.32 Å². The number of aromatic nitrogens is 2. The second kappa shape index (κ2) is 7.34. The Morgan fingerprint density at radius 3 is 2.48 bits per heavy atom. The van der Waals surface area contributed by atoms with Gasteiger partial charge in [0.25, 0.3) is 5.91 Å². The summed E-state index contributed by atoms with van der Waals surface area (Å²) in [4.78, 5) is 34.2. The average molecular weight is 376 g/mol. The number of benzene rings is 1. The first-order chi connectivity index (χ1) is 11.7. The molecular formula is C14H9ClF3N3O4. The Hall–Kier alpha value is -2.88. The van der Waals surface area contributed by atoms with E-state index in [0.29, 0.717) is 10.7 Å². The molecule has 7 nitrogen and oxygen atoms in total. The van der Waals surface area contributed by atoms with Gasteiger partial charge in [-0.05, 0) is 12.1 Å². The molecule has 2 N–H and O–H groups in total. The molecule has 11 heteroatoms. The van der Waals surface area contributed by atoms with Crippen molar-refractivity contribution >= 4 is 35.1 Å². The molecule has 0 radical (unpaired) electrons. The first-order valence-corrected chi connectivity index (χ1v) is 7.04. The third kappa shape index (κ3) is 4.15. The molecule has 25 heavy (non-hydrogen) atoms. The summed E-state index contributed by atoms with van der Waals surface area (Å²) in [6.45, 7) is 0. The van der Waals surface area contributed by atoms with Crippen LogP contribution in [0.4, 0.5) is 18.9 Å². The molecule has 2 aromatic rings. The lowest BCUT2D eigenvalue weighted by Gasteiger charge is -2.04. The van der Waals surface area contributed by atoms with E-state index in [0.717, 1.165) is 12.1 Å². The number of nitrogens with one attached hydrogen (secondary N) is 1. The summed E-state index contributed by atoms with van der Waals surface area (Å²) in [7, 11) is 0. The van der Waals surface area contributed by atoms with Gasteiger partial charge in [0.1, 0.15) is 11.6 Å². The van der Waals surface area contributed by atoms with Crippen molar-refractivity contribution in [3.8, 4) is 0 Å². The second-order valence-corrected chi connectivity index (χ2v) is 5.09. The lowest BCUT2D eigenvalue weighted by Crippen LogP contribution is -2.18. The van der Waals surface area contributed by atoms with Crippen molar-refractivity contribution in [2.45, 2.75) is 12.8 Å². The number of carboxylic acids is 1. The molecule has 0 bridgehead atoms. The molecule has 0 saturated carbocycles. The van der Waals surface area contributed by atoms with Crippen LogP contribution < -0.4 is 5.32 Å². The van der Waals surface area contributed by atoms with Crippen LogP contribution in [-0.4, -0.2) is 32.7 Å². The van der Waals surface area contributed by atoms with Crippen molar-refractivity contribution in [1.29, 1.82) is 0 Å². The summed E-state index contributed by atoms with van der Waals surface area (Å²) in [5.74, 6) is -6.75. The number of carboxylic acid groups (broad SMARTS) is 1. The minimum atomic E-state index is -1.34. The van der Waals surface area contributed by atoms with E-state index in [1.54, 1.807) is 0 Å². The fraction of sp³-hybridized carbons (Fsp3) is 0.143. The lowest BCUT2D eigenvalue weighted by molar-refractivity contribution is -0.137. The summed E-state index contributed by atoms with van der Waals surface area (Å²) in [5, 5.41) is 13.1. The van der Waals surface area contributed by atoms with Gasteiger partial charge in [0.05, 0.1) is 12.1 Å². The van der Waals surface area contributed by atoms with Gasteiger partial charge in [0.15, 0.2) is 16.7 Å². The van der Waals surface area contributed by atoms with Crippen LogP contribution >= 0.6 is 11.6 Å². The average Bonchev–Trinajstić information content (AvgIpc) is 2.84. The molecule has 0 spiro atoms. The van der Waals surface area contributed by atoms with Gasteiger partial charge in [0, 0.05) is 12.5 Å². The number of nitrogens with zero attached hydrogens (tertiary/aromatic N) is 2. The first kappa shape index (κ1) is 18.5. The maximum absolute atomic E-state index is 14.0. The molecule has 0 aliphatic heterocycles. The van der Waals surface area contributed by atoms with Gasteiger partial charge in [-0.2, -0.15) is 9.78 Å². The Bertz CT molecular complexity index is 869. The highest BCUT2D eigenvalue weighted by molar-refractivity contribution is 6.31. The molecule has 1 aromatic heterocycles. The van der Waals surface area contributed by atoms with Crippen molar-refractivity contribution in [2.24, 2.45) is 0 Å². The number of anilines is 1. The van der Waals surface area contributed by atoms with Crippen LogP contribution in [-0.2, 0) is 4.79 Å². The van der Waals surface area contributed by atoms with Crippen molar-refractivity contribution in [1.82, 2.24) is 9.78 Å². The van der Waals surface area contributed by atoms with Crippen LogP contribution in [0.3, 0.4) is 0 Å². The highest BCUT2D eigenvalue weighted by Gasteiger charge is 2.26. The standard InChI is InChI=1S/C14H9ClF3N3O4/c15-13-11(18)12(20-21(13)9(22)3-4-10(23)24)14(25)19-8-2-1-6(16)5-7(8)17/h1-2,5H,3-4H2,(H,19,25)(H,23,24). The maximum atomic E-state index is 14.0. The van der Waals surface area contributed by atoms with Gasteiger partial charge in [-0.1, -0.05) is 11.6 Å². The van der Waals surface area contributed by atoms with Crippen LogP contribution in [0.2, 0.25) is 5.15 Å². The Morgan fingerprint density at radius 1 is 1.20 bits per heavy atom. The van der Waals surface area contributed by atoms with Gasteiger partial charge in [-0.3, -0.25) is 14.4 Å². The van der Waals surface area contributed by atoms with E-state index in [1.807, 2.05) is 5.32 Å². The molecule has 0 saturated heterocycles. The van der Waals surface area contributed by atoms with Gasteiger partial charge >= 0.3 is 5.97 Å². The zero-order chi connectivity index (χ0) is 18.7. The first-order valence-electron chi connectivity index (χ1n) is 6.66. The van der Waals surface area contributed by atoms with Crippen LogP contribution in [0.25, 0.3) is 0 Å². The zero-order valence-corrected chi connectivity index (χ0v) is 13.0. The summed E-state index contributed by atoms with van der Waals surface area (Å²) in [6, 6.07) is 2.29. The molecule has 0 fully saturated rings. The Morgan fingerprint density at radius 2 is 1.88 bits per heavy atom. The van der Waals surface area contributed by atoms with E-state index in [9.17, 15) is 27.6 Å². The number of rotatable bonds is 5. The third-order valence-electron chi connectivity index (χ3n) is 2.96. The minimum absolute atomic E-state index is 0.343. The predicted molar refractivity (Wildman–Crippen MR) is 79.0 cm³/mol. The number of amides is 1. The largest absolute Gasteiger partial charge is 0.481 e. The lowest BCUT2D eigenvalue weighted by atomic mass is 10.3. The Kier molecular flexibility index (Phi) is 5.42. The van der Waals surface area contributed by atoms with Gasteiger partial charge in [-0.25, -0.2) is 13.2 Å². The van der Waals surface area contributed by atoms with Crippen LogP contribution in [0.15, 0.2) is 18.2 Å². The minimum Gasteiger partial charge on any atom is -0.481 e. The normalized spacial score (nSPS) is 10.6. The van der Waals surface area contributed by atoms with E-state index in [2.05, 4.69) is 5.10 Å². The second-order valence-electron chi connectivity index (χ2n) is 4.73. The van der Waals surface area contributed by atoms with E-state index in [1.165, 1.54) is 0 Å².